The number of nitrogens with zero attached hydrogens (tertiary/aromatic N) is 1. The zero-order chi connectivity index (χ0) is 11.1. The number of halogens is 1. The first-order valence-electron chi connectivity index (χ1n) is 5.74. The molecule has 2 N–H and O–H groups in total. The van der Waals surface area contributed by atoms with Crippen LogP contribution in [0.5, 0.6) is 0 Å². The van der Waals surface area contributed by atoms with Crippen molar-refractivity contribution < 1.29 is 4.74 Å². The molecule has 1 heterocycles. The largest absolute Gasteiger partial charge is 0.381 e. The highest BCUT2D eigenvalue weighted by Crippen LogP contribution is 2.10. The molecule has 0 aromatic carbocycles. The summed E-state index contributed by atoms with van der Waals surface area (Å²) in [7, 11) is 1.81. The zero-order valence-electron chi connectivity index (χ0n) is 10.5. The van der Waals surface area contributed by atoms with Crippen LogP contribution < -0.4 is 10.6 Å². The van der Waals surface area contributed by atoms with Crippen LogP contribution in [0.1, 0.15) is 20.3 Å². The summed E-state index contributed by atoms with van der Waals surface area (Å²) in [5.74, 6) is 2.18. The standard InChI is InChI=1S/C11H23N3O.HI/c1-9(2)6-13-11(12-3)14-7-10-4-5-15-8-10;/h9-10H,4-8H2,1-3H3,(H2,12,13,14);1H. The molecule has 5 heteroatoms. The first kappa shape index (κ1) is 16.0. The van der Waals surface area contributed by atoms with Crippen molar-refractivity contribution in [3.63, 3.8) is 0 Å². The molecule has 0 amide bonds. The van der Waals surface area contributed by atoms with E-state index in [1.54, 1.807) is 7.05 Å². The Kier molecular flexibility index (Phi) is 9.02. The summed E-state index contributed by atoms with van der Waals surface area (Å²) in [6.07, 6.45) is 1.16. The second-order valence-electron chi connectivity index (χ2n) is 4.46. The van der Waals surface area contributed by atoms with Crippen molar-refractivity contribution in [3.05, 3.63) is 0 Å². The zero-order valence-corrected chi connectivity index (χ0v) is 12.8. The molecule has 1 aliphatic rings. The third-order valence-electron chi connectivity index (χ3n) is 2.48. The van der Waals surface area contributed by atoms with Crippen LogP contribution in [-0.4, -0.2) is 39.3 Å². The van der Waals surface area contributed by atoms with E-state index in [1.807, 2.05) is 0 Å². The average molecular weight is 341 g/mol. The molecule has 4 nitrogen and oxygen atoms in total. The van der Waals surface area contributed by atoms with Crippen LogP contribution in [0.2, 0.25) is 0 Å². The Labute approximate surface area is 116 Å². The molecule has 0 spiro atoms. The molecule has 0 aromatic rings. The Hall–Kier alpha value is -0.0400. The van der Waals surface area contributed by atoms with Crippen molar-refractivity contribution >= 4 is 29.9 Å². The van der Waals surface area contributed by atoms with Crippen LogP contribution in [0.3, 0.4) is 0 Å². The van der Waals surface area contributed by atoms with Crippen molar-refractivity contribution in [2.75, 3.05) is 33.4 Å². The van der Waals surface area contributed by atoms with Gasteiger partial charge in [-0.3, -0.25) is 4.99 Å². The number of aliphatic imine (C=N–C) groups is 1. The molecule has 96 valence electrons. The number of guanidine groups is 1. The molecule has 1 unspecified atom stereocenters. The highest BCUT2D eigenvalue weighted by atomic mass is 127. The summed E-state index contributed by atoms with van der Waals surface area (Å²) in [4.78, 5) is 4.17. The van der Waals surface area contributed by atoms with Crippen molar-refractivity contribution in [1.29, 1.82) is 0 Å². The molecule has 0 aromatic heterocycles. The van der Waals surface area contributed by atoms with E-state index in [0.717, 1.165) is 38.7 Å². The molecule has 1 atom stereocenters. The second-order valence-corrected chi connectivity index (χ2v) is 4.46. The Balaban J connectivity index is 0.00000225. The fourth-order valence-corrected chi connectivity index (χ4v) is 1.51. The molecular formula is C11H24IN3O. The summed E-state index contributed by atoms with van der Waals surface area (Å²) >= 11 is 0. The normalized spacial score (nSPS) is 20.8. The van der Waals surface area contributed by atoms with E-state index >= 15 is 0 Å². The van der Waals surface area contributed by atoms with Gasteiger partial charge in [-0.1, -0.05) is 13.8 Å². The fourth-order valence-electron chi connectivity index (χ4n) is 1.51. The molecule has 0 saturated carbocycles. The van der Waals surface area contributed by atoms with Gasteiger partial charge in [-0.25, -0.2) is 0 Å². The first-order valence-corrected chi connectivity index (χ1v) is 5.74. The summed E-state index contributed by atoms with van der Waals surface area (Å²) in [6.45, 7) is 8.08. The third-order valence-corrected chi connectivity index (χ3v) is 2.48. The molecule has 16 heavy (non-hydrogen) atoms. The number of rotatable bonds is 4. The number of hydrogen-bond donors (Lipinski definition) is 2. The maximum absolute atomic E-state index is 5.32. The van der Waals surface area contributed by atoms with Crippen LogP contribution in [-0.2, 0) is 4.74 Å². The van der Waals surface area contributed by atoms with E-state index in [1.165, 1.54) is 0 Å². The highest BCUT2D eigenvalue weighted by molar-refractivity contribution is 14.0. The highest BCUT2D eigenvalue weighted by Gasteiger charge is 2.15. The van der Waals surface area contributed by atoms with Crippen LogP contribution in [0, 0.1) is 11.8 Å². The number of nitrogens with one attached hydrogen (secondary N) is 2. The SMILES string of the molecule is CN=C(NCC(C)C)NCC1CCOC1.I. The minimum absolute atomic E-state index is 0. The van der Waals surface area contributed by atoms with Gasteiger partial charge in [0.05, 0.1) is 6.61 Å². The topological polar surface area (TPSA) is 45.7 Å². The molecule has 0 bridgehead atoms. The molecule has 1 saturated heterocycles. The van der Waals surface area contributed by atoms with E-state index in [-0.39, 0.29) is 24.0 Å². The van der Waals surface area contributed by atoms with Crippen LogP contribution in [0.4, 0.5) is 0 Å². The van der Waals surface area contributed by atoms with Gasteiger partial charge in [0.2, 0.25) is 0 Å². The lowest BCUT2D eigenvalue weighted by molar-refractivity contribution is 0.186. The van der Waals surface area contributed by atoms with E-state index in [9.17, 15) is 0 Å². The van der Waals surface area contributed by atoms with Crippen molar-refractivity contribution in [3.8, 4) is 0 Å². The summed E-state index contributed by atoms with van der Waals surface area (Å²) < 4.78 is 5.32. The predicted molar refractivity (Wildman–Crippen MR) is 78.5 cm³/mol. The summed E-state index contributed by atoms with van der Waals surface area (Å²) in [6, 6.07) is 0. The van der Waals surface area contributed by atoms with Gasteiger partial charge in [-0.2, -0.15) is 0 Å². The van der Waals surface area contributed by atoms with Crippen molar-refractivity contribution in [2.45, 2.75) is 20.3 Å². The van der Waals surface area contributed by atoms with Gasteiger partial charge in [0.1, 0.15) is 0 Å². The predicted octanol–water partition coefficient (Wildman–Crippen LogP) is 1.46. The monoisotopic (exact) mass is 341 g/mol. The molecule has 1 rings (SSSR count). The molecule has 0 radical (unpaired) electrons. The third kappa shape index (κ3) is 6.52. The fraction of sp³-hybridized carbons (Fsp3) is 0.909. The van der Waals surface area contributed by atoms with E-state index < -0.39 is 0 Å². The van der Waals surface area contributed by atoms with Crippen LogP contribution in [0.15, 0.2) is 4.99 Å². The van der Waals surface area contributed by atoms with E-state index in [2.05, 4.69) is 29.5 Å². The first-order chi connectivity index (χ1) is 7.22. The quantitative estimate of drug-likeness (QED) is 0.462. The van der Waals surface area contributed by atoms with Gasteiger partial charge < -0.3 is 15.4 Å². The maximum Gasteiger partial charge on any atom is 0.190 e. The molecular weight excluding hydrogens is 317 g/mol. The lowest BCUT2D eigenvalue weighted by Crippen LogP contribution is -2.41. The Morgan fingerprint density at radius 1 is 1.44 bits per heavy atom. The van der Waals surface area contributed by atoms with Crippen LogP contribution >= 0.6 is 24.0 Å². The Morgan fingerprint density at radius 3 is 2.69 bits per heavy atom. The van der Waals surface area contributed by atoms with E-state index in [0.29, 0.717) is 11.8 Å². The Bertz CT molecular complexity index is 203. The summed E-state index contributed by atoms with van der Waals surface area (Å²) in [5, 5.41) is 6.62. The van der Waals surface area contributed by atoms with Gasteiger partial charge >= 0.3 is 0 Å². The molecule has 0 aliphatic carbocycles. The minimum atomic E-state index is 0. The van der Waals surface area contributed by atoms with Gasteiger partial charge in [0.25, 0.3) is 0 Å². The Morgan fingerprint density at radius 2 is 2.19 bits per heavy atom. The van der Waals surface area contributed by atoms with Crippen LogP contribution in [0.25, 0.3) is 0 Å². The average Bonchev–Trinajstić information content (AvgIpc) is 2.70. The minimum Gasteiger partial charge on any atom is -0.381 e. The number of ether oxygens (including phenoxy) is 1. The van der Waals surface area contributed by atoms with Gasteiger partial charge in [0, 0.05) is 32.7 Å². The van der Waals surface area contributed by atoms with Crippen molar-refractivity contribution in [2.24, 2.45) is 16.8 Å². The maximum atomic E-state index is 5.32. The lowest BCUT2D eigenvalue weighted by Gasteiger charge is -2.15. The van der Waals surface area contributed by atoms with Gasteiger partial charge in [0.15, 0.2) is 5.96 Å². The van der Waals surface area contributed by atoms with E-state index in [4.69, 9.17) is 4.74 Å². The lowest BCUT2D eigenvalue weighted by atomic mass is 10.1. The smallest absolute Gasteiger partial charge is 0.190 e. The van der Waals surface area contributed by atoms with Gasteiger partial charge in [-0.05, 0) is 12.3 Å². The summed E-state index contributed by atoms with van der Waals surface area (Å²) in [5.41, 5.74) is 0. The number of hydrogen-bond acceptors (Lipinski definition) is 2. The second kappa shape index (κ2) is 9.04. The molecule has 1 fully saturated rings. The van der Waals surface area contributed by atoms with Gasteiger partial charge in [-0.15, -0.1) is 24.0 Å². The van der Waals surface area contributed by atoms with Crippen molar-refractivity contribution in [1.82, 2.24) is 10.6 Å². The molecule has 1 aliphatic heterocycles.